The zero-order valence-electron chi connectivity index (χ0n) is 18.6. The standard InChI is InChI=1S/C25H23ClN2O6/c1-31-22-14-21(23(32-2)13-20(22)26)28-24(29)16-34-25(30)11-8-17-6-9-19(10-7-17)33-15-18-5-3-4-12-27-18/h3-14H,15-16H2,1-2H3,(H,28,29)/b11-8+. The van der Waals surface area contributed by atoms with Crippen LogP contribution in [0.25, 0.3) is 6.08 Å². The van der Waals surface area contributed by atoms with Crippen LogP contribution >= 0.6 is 11.6 Å². The first-order valence-corrected chi connectivity index (χ1v) is 10.5. The first kappa shape index (κ1) is 24.6. The number of methoxy groups -OCH3 is 2. The van der Waals surface area contributed by atoms with Crippen molar-refractivity contribution in [1.82, 2.24) is 4.98 Å². The molecule has 0 spiro atoms. The predicted molar refractivity (Wildman–Crippen MR) is 128 cm³/mol. The minimum Gasteiger partial charge on any atom is -0.495 e. The average molecular weight is 483 g/mol. The smallest absolute Gasteiger partial charge is 0.331 e. The van der Waals surface area contributed by atoms with Gasteiger partial charge in [-0.25, -0.2) is 4.79 Å². The SMILES string of the molecule is COc1cc(NC(=O)COC(=O)/C=C/c2ccc(OCc3ccccn3)cc2)c(OC)cc1Cl. The van der Waals surface area contributed by atoms with Crippen molar-refractivity contribution in [2.75, 3.05) is 26.1 Å². The third kappa shape index (κ3) is 7.25. The van der Waals surface area contributed by atoms with E-state index in [-0.39, 0.29) is 0 Å². The van der Waals surface area contributed by atoms with E-state index in [1.54, 1.807) is 36.5 Å². The summed E-state index contributed by atoms with van der Waals surface area (Å²) in [6, 6.07) is 15.8. The van der Waals surface area contributed by atoms with E-state index >= 15 is 0 Å². The number of nitrogens with one attached hydrogen (secondary N) is 1. The molecule has 9 heteroatoms. The van der Waals surface area contributed by atoms with Gasteiger partial charge in [0, 0.05) is 24.4 Å². The number of esters is 1. The van der Waals surface area contributed by atoms with E-state index < -0.39 is 18.5 Å². The molecule has 3 aromatic rings. The molecule has 0 unspecified atom stereocenters. The van der Waals surface area contributed by atoms with E-state index in [2.05, 4.69) is 10.3 Å². The third-order valence-corrected chi connectivity index (χ3v) is 4.79. The highest BCUT2D eigenvalue weighted by Crippen LogP contribution is 2.35. The molecule has 2 aromatic carbocycles. The lowest BCUT2D eigenvalue weighted by Gasteiger charge is -2.13. The van der Waals surface area contributed by atoms with Crippen molar-refractivity contribution < 1.29 is 28.5 Å². The number of amides is 1. The Labute approximate surface area is 202 Å². The fraction of sp³-hybridized carbons (Fsp3) is 0.160. The Bertz CT molecular complexity index is 1150. The van der Waals surface area contributed by atoms with Crippen LogP contribution in [0.4, 0.5) is 5.69 Å². The predicted octanol–water partition coefficient (Wildman–Crippen LogP) is 4.53. The van der Waals surface area contributed by atoms with Crippen LogP contribution < -0.4 is 19.5 Å². The number of rotatable bonds is 10. The molecule has 0 saturated carbocycles. The summed E-state index contributed by atoms with van der Waals surface area (Å²) >= 11 is 6.05. The summed E-state index contributed by atoms with van der Waals surface area (Å²) in [6.07, 6.45) is 4.53. The van der Waals surface area contributed by atoms with E-state index in [0.29, 0.717) is 34.6 Å². The fourth-order valence-electron chi connectivity index (χ4n) is 2.81. The van der Waals surface area contributed by atoms with E-state index in [1.165, 1.54) is 32.4 Å². The summed E-state index contributed by atoms with van der Waals surface area (Å²) in [5.41, 5.74) is 1.93. The molecule has 0 radical (unpaired) electrons. The van der Waals surface area contributed by atoms with E-state index in [0.717, 1.165) is 11.3 Å². The van der Waals surface area contributed by atoms with Crippen molar-refractivity contribution in [3.63, 3.8) is 0 Å². The molecular weight excluding hydrogens is 460 g/mol. The fourth-order valence-corrected chi connectivity index (χ4v) is 3.04. The van der Waals surface area contributed by atoms with Gasteiger partial charge in [0.25, 0.3) is 5.91 Å². The number of aromatic nitrogens is 1. The summed E-state index contributed by atoms with van der Waals surface area (Å²) in [6.45, 7) is -0.114. The van der Waals surface area contributed by atoms with Crippen molar-refractivity contribution in [3.05, 3.63) is 83.2 Å². The summed E-state index contributed by atoms with van der Waals surface area (Å²) in [4.78, 5) is 28.4. The van der Waals surface area contributed by atoms with Gasteiger partial charge in [-0.1, -0.05) is 29.8 Å². The maximum Gasteiger partial charge on any atom is 0.331 e. The molecule has 0 aliphatic carbocycles. The Morgan fingerprint density at radius 3 is 2.47 bits per heavy atom. The molecule has 0 atom stereocenters. The van der Waals surface area contributed by atoms with Gasteiger partial charge in [0.05, 0.1) is 30.6 Å². The molecule has 1 amide bonds. The molecule has 0 aliphatic rings. The first-order valence-electron chi connectivity index (χ1n) is 10.2. The Morgan fingerprint density at radius 2 is 1.79 bits per heavy atom. The lowest BCUT2D eigenvalue weighted by molar-refractivity contribution is -0.142. The number of nitrogens with zero attached hydrogens (tertiary/aromatic N) is 1. The van der Waals surface area contributed by atoms with Crippen molar-refractivity contribution in [3.8, 4) is 17.2 Å². The van der Waals surface area contributed by atoms with Crippen LogP contribution in [0, 0.1) is 0 Å². The molecule has 176 valence electrons. The van der Waals surface area contributed by atoms with Gasteiger partial charge in [0.2, 0.25) is 0 Å². The lowest BCUT2D eigenvalue weighted by Crippen LogP contribution is -2.20. The van der Waals surface area contributed by atoms with Crippen LogP contribution in [0.1, 0.15) is 11.3 Å². The molecule has 0 fully saturated rings. The highest BCUT2D eigenvalue weighted by molar-refractivity contribution is 6.32. The van der Waals surface area contributed by atoms with Crippen LogP contribution in [-0.2, 0) is 20.9 Å². The zero-order chi connectivity index (χ0) is 24.3. The number of hydrogen-bond acceptors (Lipinski definition) is 7. The van der Waals surface area contributed by atoms with Gasteiger partial charge in [-0.15, -0.1) is 0 Å². The number of hydrogen-bond donors (Lipinski definition) is 1. The van der Waals surface area contributed by atoms with Gasteiger partial charge in [-0.05, 0) is 35.9 Å². The second-order valence-electron chi connectivity index (χ2n) is 6.86. The number of ether oxygens (including phenoxy) is 4. The van der Waals surface area contributed by atoms with E-state index in [9.17, 15) is 9.59 Å². The maximum atomic E-state index is 12.2. The van der Waals surface area contributed by atoms with Gasteiger partial charge >= 0.3 is 5.97 Å². The Hall–Kier alpha value is -4.04. The minimum atomic E-state index is -0.661. The van der Waals surface area contributed by atoms with Gasteiger partial charge in [0.1, 0.15) is 23.9 Å². The molecule has 1 heterocycles. The summed E-state index contributed by atoms with van der Waals surface area (Å²) < 4.78 is 21.0. The summed E-state index contributed by atoms with van der Waals surface area (Å²) in [7, 11) is 2.90. The second-order valence-corrected chi connectivity index (χ2v) is 7.26. The van der Waals surface area contributed by atoms with Crippen molar-refractivity contribution in [2.45, 2.75) is 6.61 Å². The van der Waals surface area contributed by atoms with Crippen LogP contribution in [-0.4, -0.2) is 37.7 Å². The monoisotopic (exact) mass is 482 g/mol. The molecule has 8 nitrogen and oxygen atoms in total. The van der Waals surface area contributed by atoms with E-state index in [4.69, 9.17) is 30.5 Å². The number of benzene rings is 2. The number of carbonyl (C=O) groups is 2. The topological polar surface area (TPSA) is 96.0 Å². The van der Waals surface area contributed by atoms with Crippen molar-refractivity contribution in [2.24, 2.45) is 0 Å². The van der Waals surface area contributed by atoms with Gasteiger partial charge in [-0.2, -0.15) is 0 Å². The molecule has 1 N–H and O–H groups in total. The van der Waals surface area contributed by atoms with Crippen LogP contribution in [0.3, 0.4) is 0 Å². The Morgan fingerprint density at radius 1 is 1.03 bits per heavy atom. The quantitative estimate of drug-likeness (QED) is 0.335. The number of carbonyl (C=O) groups excluding carboxylic acids is 2. The van der Waals surface area contributed by atoms with E-state index in [1.807, 2.05) is 18.2 Å². The Balaban J connectivity index is 1.47. The molecule has 3 rings (SSSR count). The van der Waals surface area contributed by atoms with Crippen molar-refractivity contribution in [1.29, 1.82) is 0 Å². The van der Waals surface area contributed by atoms with Crippen LogP contribution in [0.2, 0.25) is 5.02 Å². The number of pyridine rings is 1. The third-order valence-electron chi connectivity index (χ3n) is 4.50. The highest BCUT2D eigenvalue weighted by Gasteiger charge is 2.13. The molecule has 1 aromatic heterocycles. The number of anilines is 1. The van der Waals surface area contributed by atoms with Gasteiger partial charge in [-0.3, -0.25) is 9.78 Å². The minimum absolute atomic E-state index is 0.335. The largest absolute Gasteiger partial charge is 0.495 e. The lowest BCUT2D eigenvalue weighted by atomic mass is 10.2. The van der Waals surface area contributed by atoms with Crippen LogP contribution in [0.5, 0.6) is 17.2 Å². The summed E-state index contributed by atoms with van der Waals surface area (Å²) in [5.74, 6) is 0.185. The van der Waals surface area contributed by atoms with Gasteiger partial charge in [0.15, 0.2) is 6.61 Å². The molecular formula is C25H23ClN2O6. The summed E-state index contributed by atoms with van der Waals surface area (Å²) in [5, 5.41) is 2.94. The maximum absolute atomic E-state index is 12.2. The zero-order valence-corrected chi connectivity index (χ0v) is 19.4. The van der Waals surface area contributed by atoms with Gasteiger partial charge < -0.3 is 24.3 Å². The number of halogens is 1. The molecule has 34 heavy (non-hydrogen) atoms. The molecule has 0 bridgehead atoms. The second kappa shape index (κ2) is 12.3. The Kier molecular flexibility index (Phi) is 8.88. The first-order chi connectivity index (χ1) is 16.5. The van der Waals surface area contributed by atoms with Crippen LogP contribution in [0.15, 0.2) is 66.9 Å². The average Bonchev–Trinajstić information content (AvgIpc) is 2.87. The molecule has 0 saturated heterocycles. The normalized spacial score (nSPS) is 10.6. The highest BCUT2D eigenvalue weighted by atomic mass is 35.5. The van der Waals surface area contributed by atoms with Crippen molar-refractivity contribution >= 4 is 35.2 Å². The molecule has 0 aliphatic heterocycles.